The summed E-state index contributed by atoms with van der Waals surface area (Å²) in [6.45, 7) is 0.506. The largest absolute Gasteiger partial charge is 0.493 e. The molecule has 0 aromatic heterocycles. The van der Waals surface area contributed by atoms with Crippen LogP contribution in [0, 0.1) is 11.8 Å². The van der Waals surface area contributed by atoms with Crippen molar-refractivity contribution in [3.63, 3.8) is 0 Å². The number of hydrogen-bond acceptors (Lipinski definition) is 5. The van der Waals surface area contributed by atoms with E-state index in [1.807, 2.05) is 6.07 Å². The van der Waals surface area contributed by atoms with E-state index in [1.54, 1.807) is 26.4 Å². The molecule has 2 unspecified atom stereocenters. The maximum absolute atomic E-state index is 12.3. The van der Waals surface area contributed by atoms with E-state index in [0.717, 1.165) is 31.2 Å². The molecule has 1 N–H and O–H groups in total. The molecule has 1 aliphatic rings. The molecule has 1 amide bonds. The van der Waals surface area contributed by atoms with Crippen LogP contribution in [0.1, 0.15) is 31.2 Å². The van der Waals surface area contributed by atoms with Gasteiger partial charge in [0, 0.05) is 6.54 Å². The molecule has 6 nitrogen and oxygen atoms in total. The number of hydrogen-bond donors (Lipinski definition) is 1. The van der Waals surface area contributed by atoms with Crippen molar-refractivity contribution >= 4 is 11.9 Å². The van der Waals surface area contributed by atoms with Crippen molar-refractivity contribution in [1.82, 2.24) is 5.32 Å². The van der Waals surface area contributed by atoms with Crippen molar-refractivity contribution in [3.8, 4) is 11.5 Å². The van der Waals surface area contributed by atoms with E-state index in [4.69, 9.17) is 14.2 Å². The number of carbonyl (C=O) groups is 2. The highest BCUT2D eigenvalue weighted by molar-refractivity contribution is 5.79. The van der Waals surface area contributed by atoms with Crippen LogP contribution in [-0.2, 0) is 20.7 Å². The summed E-state index contributed by atoms with van der Waals surface area (Å²) in [4.78, 5) is 24.1. The van der Waals surface area contributed by atoms with Gasteiger partial charge in [0.15, 0.2) is 11.5 Å². The molecule has 1 saturated carbocycles. The Hall–Kier alpha value is -2.24. The first-order valence-electron chi connectivity index (χ1n) is 8.64. The third-order valence-electron chi connectivity index (χ3n) is 4.79. The molecule has 0 aliphatic heterocycles. The van der Waals surface area contributed by atoms with Gasteiger partial charge in [-0.25, -0.2) is 0 Å². The summed E-state index contributed by atoms with van der Waals surface area (Å²) >= 11 is 0. The van der Waals surface area contributed by atoms with Gasteiger partial charge < -0.3 is 19.5 Å². The lowest BCUT2D eigenvalue weighted by molar-refractivity contribution is -0.148. The predicted molar refractivity (Wildman–Crippen MR) is 93.7 cm³/mol. The predicted octanol–water partition coefficient (Wildman–Crippen LogP) is 2.34. The number of rotatable bonds is 7. The summed E-state index contributed by atoms with van der Waals surface area (Å²) in [6, 6.07) is 5.44. The van der Waals surface area contributed by atoms with Crippen LogP contribution in [-0.4, -0.2) is 39.8 Å². The first-order valence-corrected chi connectivity index (χ1v) is 8.64. The molecule has 0 spiro atoms. The average molecular weight is 349 g/mol. The fraction of sp³-hybridized carbons (Fsp3) is 0.579. The van der Waals surface area contributed by atoms with Crippen LogP contribution >= 0.6 is 0 Å². The number of ether oxygens (including phenoxy) is 3. The second kappa shape index (κ2) is 9.30. The Bertz CT molecular complexity index is 601. The highest BCUT2D eigenvalue weighted by Gasteiger charge is 2.31. The molecule has 1 aromatic carbocycles. The van der Waals surface area contributed by atoms with Gasteiger partial charge in [-0.05, 0) is 36.5 Å². The van der Waals surface area contributed by atoms with Crippen molar-refractivity contribution in [1.29, 1.82) is 0 Å². The molecule has 138 valence electrons. The number of amides is 1. The van der Waals surface area contributed by atoms with Gasteiger partial charge in [-0.1, -0.05) is 18.9 Å². The van der Waals surface area contributed by atoms with E-state index in [0.29, 0.717) is 18.0 Å². The molecule has 25 heavy (non-hydrogen) atoms. The van der Waals surface area contributed by atoms with E-state index >= 15 is 0 Å². The van der Waals surface area contributed by atoms with Crippen LogP contribution < -0.4 is 14.8 Å². The zero-order chi connectivity index (χ0) is 18.2. The minimum absolute atomic E-state index is 0.0681. The molecule has 0 heterocycles. The fourth-order valence-corrected chi connectivity index (χ4v) is 3.40. The van der Waals surface area contributed by atoms with Gasteiger partial charge >= 0.3 is 5.97 Å². The molecule has 2 atom stereocenters. The molecule has 2 rings (SSSR count). The Morgan fingerprint density at radius 3 is 2.48 bits per heavy atom. The lowest BCUT2D eigenvalue weighted by Gasteiger charge is -2.29. The molecule has 0 radical (unpaired) electrons. The minimum Gasteiger partial charge on any atom is -0.493 e. The topological polar surface area (TPSA) is 73.9 Å². The van der Waals surface area contributed by atoms with E-state index in [-0.39, 0.29) is 30.1 Å². The maximum Gasteiger partial charge on any atom is 0.309 e. The van der Waals surface area contributed by atoms with Crippen LogP contribution in [0.2, 0.25) is 0 Å². The number of methoxy groups -OCH3 is 3. The molecular formula is C19H27NO5. The lowest BCUT2D eigenvalue weighted by atomic mass is 9.79. The van der Waals surface area contributed by atoms with Gasteiger partial charge in [0.05, 0.1) is 33.7 Å². The minimum atomic E-state index is -0.168. The third-order valence-corrected chi connectivity index (χ3v) is 4.79. The Morgan fingerprint density at radius 1 is 1.08 bits per heavy atom. The molecule has 6 heteroatoms. The van der Waals surface area contributed by atoms with Crippen LogP contribution in [0.5, 0.6) is 11.5 Å². The SMILES string of the molecule is COC(=O)C1CCCCC1CNC(=O)Cc1ccc(OC)c(OC)c1. The quantitative estimate of drug-likeness (QED) is 0.765. The summed E-state index contributed by atoms with van der Waals surface area (Å²) < 4.78 is 15.3. The highest BCUT2D eigenvalue weighted by atomic mass is 16.5. The Labute approximate surface area is 148 Å². The molecule has 1 aliphatic carbocycles. The second-order valence-electron chi connectivity index (χ2n) is 6.34. The molecule has 1 fully saturated rings. The van der Waals surface area contributed by atoms with Crippen LogP contribution in [0.4, 0.5) is 0 Å². The summed E-state index contributed by atoms with van der Waals surface area (Å²) in [5.41, 5.74) is 0.850. The van der Waals surface area contributed by atoms with E-state index in [9.17, 15) is 9.59 Å². The Morgan fingerprint density at radius 2 is 1.80 bits per heavy atom. The fourth-order valence-electron chi connectivity index (χ4n) is 3.40. The normalized spacial score (nSPS) is 19.8. The monoisotopic (exact) mass is 349 g/mol. The highest BCUT2D eigenvalue weighted by Crippen LogP contribution is 2.31. The third kappa shape index (κ3) is 5.11. The van der Waals surface area contributed by atoms with E-state index in [1.165, 1.54) is 7.11 Å². The van der Waals surface area contributed by atoms with Gasteiger partial charge in [-0.3, -0.25) is 9.59 Å². The molecular weight excluding hydrogens is 322 g/mol. The van der Waals surface area contributed by atoms with Crippen LogP contribution in [0.3, 0.4) is 0 Å². The summed E-state index contributed by atoms with van der Waals surface area (Å²) in [7, 11) is 4.56. The molecule has 0 bridgehead atoms. The van der Waals surface area contributed by atoms with Crippen molar-refractivity contribution < 1.29 is 23.8 Å². The van der Waals surface area contributed by atoms with Gasteiger partial charge in [-0.2, -0.15) is 0 Å². The standard InChI is InChI=1S/C19H27NO5/c1-23-16-9-8-13(10-17(16)24-2)11-18(21)20-12-14-6-4-5-7-15(14)19(22)25-3/h8-10,14-15H,4-7,11-12H2,1-3H3,(H,20,21). The zero-order valence-electron chi connectivity index (χ0n) is 15.2. The zero-order valence-corrected chi connectivity index (χ0v) is 15.2. The van der Waals surface area contributed by atoms with Gasteiger partial charge in [0.1, 0.15) is 0 Å². The Balaban J connectivity index is 1.90. The molecule has 1 aromatic rings. The Kier molecular flexibility index (Phi) is 7.10. The lowest BCUT2D eigenvalue weighted by Crippen LogP contribution is -2.38. The van der Waals surface area contributed by atoms with E-state index in [2.05, 4.69) is 5.32 Å². The number of carbonyl (C=O) groups excluding carboxylic acids is 2. The number of nitrogens with one attached hydrogen (secondary N) is 1. The van der Waals surface area contributed by atoms with Gasteiger partial charge in [0.2, 0.25) is 5.91 Å². The van der Waals surface area contributed by atoms with Crippen LogP contribution in [0.25, 0.3) is 0 Å². The van der Waals surface area contributed by atoms with Crippen molar-refractivity contribution in [2.75, 3.05) is 27.9 Å². The summed E-state index contributed by atoms with van der Waals surface area (Å²) in [6.07, 6.45) is 4.16. The van der Waals surface area contributed by atoms with Crippen LogP contribution in [0.15, 0.2) is 18.2 Å². The van der Waals surface area contributed by atoms with E-state index < -0.39 is 0 Å². The van der Waals surface area contributed by atoms with Gasteiger partial charge in [0.25, 0.3) is 0 Å². The van der Waals surface area contributed by atoms with Gasteiger partial charge in [-0.15, -0.1) is 0 Å². The number of benzene rings is 1. The number of esters is 1. The summed E-state index contributed by atoms with van der Waals surface area (Å²) in [5, 5.41) is 2.96. The summed E-state index contributed by atoms with van der Waals surface area (Å²) in [5.74, 6) is 1.04. The van der Waals surface area contributed by atoms with Crippen molar-refractivity contribution in [3.05, 3.63) is 23.8 Å². The first kappa shape index (κ1) is 19.1. The first-order chi connectivity index (χ1) is 12.1. The van der Waals surface area contributed by atoms with Crippen molar-refractivity contribution in [2.24, 2.45) is 11.8 Å². The average Bonchev–Trinajstić information content (AvgIpc) is 2.65. The smallest absolute Gasteiger partial charge is 0.309 e. The second-order valence-corrected chi connectivity index (χ2v) is 6.34. The van der Waals surface area contributed by atoms with Crippen molar-refractivity contribution in [2.45, 2.75) is 32.1 Å². The molecule has 0 saturated heterocycles. The maximum atomic E-state index is 12.3.